The fraction of sp³-hybridized carbons (Fsp3) is 0.222. The molecular weight excluding hydrogens is 170 g/mol. The second-order valence-corrected chi connectivity index (χ2v) is 2.32. The molecule has 0 aliphatic rings. The highest BCUT2D eigenvalue weighted by Gasteiger charge is 2.06. The molecule has 1 aromatic rings. The van der Waals surface area contributed by atoms with Gasteiger partial charge in [-0.3, -0.25) is 0 Å². The zero-order chi connectivity index (χ0) is 9.68. The molecule has 0 atom stereocenters. The van der Waals surface area contributed by atoms with Gasteiger partial charge in [0.2, 0.25) is 0 Å². The van der Waals surface area contributed by atoms with Crippen LogP contribution in [0.1, 0.15) is 5.56 Å². The molecule has 13 heavy (non-hydrogen) atoms. The van der Waals surface area contributed by atoms with Crippen LogP contribution in [0.5, 0.6) is 11.5 Å². The number of methoxy groups -OCH3 is 2. The minimum absolute atomic E-state index is 0.608. The molecule has 1 rings (SSSR count). The molecular formula is C9H11NO3. The second kappa shape index (κ2) is 4.35. The topological polar surface area (TPSA) is 51.0 Å². The van der Waals surface area contributed by atoms with E-state index < -0.39 is 0 Å². The van der Waals surface area contributed by atoms with E-state index in [0.717, 1.165) is 0 Å². The molecule has 0 bridgehead atoms. The molecule has 0 aliphatic heterocycles. The molecule has 1 N–H and O–H groups in total. The minimum Gasteiger partial charge on any atom is -0.496 e. The van der Waals surface area contributed by atoms with Crippen molar-refractivity contribution in [3.63, 3.8) is 0 Å². The van der Waals surface area contributed by atoms with Gasteiger partial charge >= 0.3 is 0 Å². The van der Waals surface area contributed by atoms with E-state index in [4.69, 9.17) is 14.7 Å². The van der Waals surface area contributed by atoms with E-state index >= 15 is 0 Å². The molecule has 4 nitrogen and oxygen atoms in total. The monoisotopic (exact) mass is 181 g/mol. The van der Waals surface area contributed by atoms with E-state index in [1.807, 2.05) is 0 Å². The first-order chi connectivity index (χ1) is 6.33. The maximum absolute atomic E-state index is 8.42. The number of hydrogen-bond donors (Lipinski definition) is 1. The number of oxime groups is 1. The highest BCUT2D eigenvalue weighted by Crippen LogP contribution is 2.25. The van der Waals surface area contributed by atoms with Gasteiger partial charge in [0.05, 0.1) is 26.0 Å². The Labute approximate surface area is 76.4 Å². The summed E-state index contributed by atoms with van der Waals surface area (Å²) in [6.07, 6.45) is 1.28. The fourth-order valence-electron chi connectivity index (χ4n) is 1.06. The van der Waals surface area contributed by atoms with Crippen LogP contribution in [0.4, 0.5) is 0 Å². The molecule has 70 valence electrons. The summed E-state index contributed by atoms with van der Waals surface area (Å²) in [5, 5.41) is 11.4. The SMILES string of the molecule is COc1cccc(OC)c1/C=N/O. The Morgan fingerprint density at radius 3 is 2.15 bits per heavy atom. The van der Waals surface area contributed by atoms with E-state index in [1.165, 1.54) is 6.21 Å². The summed E-state index contributed by atoms with van der Waals surface area (Å²) >= 11 is 0. The summed E-state index contributed by atoms with van der Waals surface area (Å²) in [5.74, 6) is 1.22. The van der Waals surface area contributed by atoms with Gasteiger partial charge in [-0.25, -0.2) is 0 Å². The molecule has 0 aromatic heterocycles. The average Bonchev–Trinajstić information content (AvgIpc) is 2.18. The Hall–Kier alpha value is -1.71. The van der Waals surface area contributed by atoms with Gasteiger partial charge in [0.1, 0.15) is 11.5 Å². The van der Waals surface area contributed by atoms with Gasteiger partial charge in [-0.15, -0.1) is 0 Å². The van der Waals surface area contributed by atoms with Crippen molar-refractivity contribution in [3.8, 4) is 11.5 Å². The highest BCUT2D eigenvalue weighted by atomic mass is 16.5. The third-order valence-electron chi connectivity index (χ3n) is 1.65. The van der Waals surface area contributed by atoms with Gasteiger partial charge in [0.25, 0.3) is 0 Å². The third-order valence-corrected chi connectivity index (χ3v) is 1.65. The van der Waals surface area contributed by atoms with Crippen LogP contribution in [0.15, 0.2) is 23.4 Å². The van der Waals surface area contributed by atoms with Crippen LogP contribution in [-0.4, -0.2) is 25.6 Å². The minimum atomic E-state index is 0.608. The third kappa shape index (κ3) is 1.90. The van der Waals surface area contributed by atoms with E-state index in [1.54, 1.807) is 32.4 Å². The van der Waals surface area contributed by atoms with Gasteiger partial charge in [-0.1, -0.05) is 11.2 Å². The lowest BCUT2D eigenvalue weighted by molar-refractivity contribution is 0.321. The van der Waals surface area contributed by atoms with Crippen LogP contribution in [0.3, 0.4) is 0 Å². The summed E-state index contributed by atoms with van der Waals surface area (Å²) in [4.78, 5) is 0. The lowest BCUT2D eigenvalue weighted by atomic mass is 10.2. The van der Waals surface area contributed by atoms with Crippen molar-refractivity contribution in [3.05, 3.63) is 23.8 Å². The standard InChI is InChI=1S/C9H11NO3/c1-12-8-4-3-5-9(13-2)7(8)6-10-11/h3-6,11H,1-2H3/b10-6+. The lowest BCUT2D eigenvalue weighted by Crippen LogP contribution is -1.95. The molecule has 0 saturated heterocycles. The Morgan fingerprint density at radius 2 is 1.77 bits per heavy atom. The van der Waals surface area contributed by atoms with Gasteiger partial charge in [0, 0.05) is 0 Å². The first-order valence-electron chi connectivity index (χ1n) is 3.72. The van der Waals surface area contributed by atoms with Gasteiger partial charge in [-0.05, 0) is 12.1 Å². The normalized spacial score (nSPS) is 10.3. The van der Waals surface area contributed by atoms with E-state index in [-0.39, 0.29) is 0 Å². The van der Waals surface area contributed by atoms with Crippen molar-refractivity contribution in [2.24, 2.45) is 5.16 Å². The van der Waals surface area contributed by atoms with Crippen LogP contribution in [0, 0.1) is 0 Å². The van der Waals surface area contributed by atoms with Gasteiger partial charge in [0.15, 0.2) is 0 Å². The Kier molecular flexibility index (Phi) is 3.14. The maximum Gasteiger partial charge on any atom is 0.131 e. The highest BCUT2D eigenvalue weighted by molar-refractivity contribution is 5.86. The molecule has 0 heterocycles. The fourth-order valence-corrected chi connectivity index (χ4v) is 1.06. The van der Waals surface area contributed by atoms with E-state index in [9.17, 15) is 0 Å². The molecule has 0 saturated carbocycles. The van der Waals surface area contributed by atoms with Crippen molar-refractivity contribution >= 4 is 6.21 Å². The summed E-state index contributed by atoms with van der Waals surface area (Å²) < 4.78 is 10.1. The Morgan fingerprint density at radius 1 is 1.23 bits per heavy atom. The van der Waals surface area contributed by atoms with Gasteiger partial charge in [-0.2, -0.15) is 0 Å². The zero-order valence-electron chi connectivity index (χ0n) is 7.52. The van der Waals surface area contributed by atoms with Gasteiger partial charge < -0.3 is 14.7 Å². The number of rotatable bonds is 3. The van der Waals surface area contributed by atoms with E-state index in [2.05, 4.69) is 5.16 Å². The molecule has 0 unspecified atom stereocenters. The molecule has 0 amide bonds. The molecule has 0 spiro atoms. The van der Waals surface area contributed by atoms with E-state index in [0.29, 0.717) is 17.1 Å². The Balaban J connectivity index is 3.21. The van der Waals surface area contributed by atoms with Crippen molar-refractivity contribution in [1.82, 2.24) is 0 Å². The lowest BCUT2D eigenvalue weighted by Gasteiger charge is -2.07. The largest absolute Gasteiger partial charge is 0.496 e. The zero-order valence-corrected chi connectivity index (χ0v) is 7.52. The van der Waals surface area contributed by atoms with Crippen molar-refractivity contribution in [2.75, 3.05) is 14.2 Å². The van der Waals surface area contributed by atoms with Crippen LogP contribution in [-0.2, 0) is 0 Å². The number of benzene rings is 1. The van der Waals surface area contributed by atoms with Crippen LogP contribution >= 0.6 is 0 Å². The van der Waals surface area contributed by atoms with Crippen LogP contribution in [0.2, 0.25) is 0 Å². The quantitative estimate of drug-likeness (QED) is 0.437. The summed E-state index contributed by atoms with van der Waals surface area (Å²) in [7, 11) is 3.09. The molecule has 0 radical (unpaired) electrons. The average molecular weight is 181 g/mol. The molecule has 0 aliphatic carbocycles. The summed E-state index contributed by atoms with van der Waals surface area (Å²) in [6.45, 7) is 0. The smallest absolute Gasteiger partial charge is 0.131 e. The Bertz CT molecular complexity index is 287. The maximum atomic E-state index is 8.42. The summed E-state index contributed by atoms with van der Waals surface area (Å²) in [6, 6.07) is 5.32. The van der Waals surface area contributed by atoms with Crippen molar-refractivity contribution in [1.29, 1.82) is 0 Å². The van der Waals surface area contributed by atoms with Crippen LogP contribution in [0.25, 0.3) is 0 Å². The number of ether oxygens (including phenoxy) is 2. The van der Waals surface area contributed by atoms with Crippen LogP contribution < -0.4 is 9.47 Å². The molecule has 4 heteroatoms. The first kappa shape index (κ1) is 9.38. The number of nitrogens with zero attached hydrogens (tertiary/aromatic N) is 1. The second-order valence-electron chi connectivity index (χ2n) is 2.32. The molecule has 0 fully saturated rings. The predicted octanol–water partition coefficient (Wildman–Crippen LogP) is 1.51. The first-order valence-corrected chi connectivity index (χ1v) is 3.72. The van der Waals surface area contributed by atoms with Crippen molar-refractivity contribution in [2.45, 2.75) is 0 Å². The predicted molar refractivity (Wildman–Crippen MR) is 48.9 cm³/mol. The number of hydrogen-bond acceptors (Lipinski definition) is 4. The summed E-state index contributed by atoms with van der Waals surface area (Å²) in [5.41, 5.74) is 0.620. The molecule has 1 aromatic carbocycles. The van der Waals surface area contributed by atoms with Crippen molar-refractivity contribution < 1.29 is 14.7 Å².